The second-order valence-electron chi connectivity index (χ2n) is 5.17. The third-order valence-corrected chi connectivity index (χ3v) is 3.17. The van der Waals surface area contributed by atoms with Gasteiger partial charge in [0.25, 0.3) is 0 Å². The molecule has 6 heteroatoms. The minimum Gasteiger partial charge on any atom is -0.438 e. The van der Waals surface area contributed by atoms with Gasteiger partial charge in [0.05, 0.1) is 0 Å². The average Bonchev–Trinajstić information content (AvgIpc) is 2.36. The van der Waals surface area contributed by atoms with Gasteiger partial charge in [0, 0.05) is 33.1 Å². The fraction of sp³-hybridized carbons (Fsp3) is 0.857. The molecule has 1 aliphatic carbocycles. The van der Waals surface area contributed by atoms with Crippen LogP contribution in [-0.4, -0.2) is 23.9 Å². The third-order valence-electron chi connectivity index (χ3n) is 3.17. The third kappa shape index (κ3) is 5.67. The molecule has 0 spiro atoms. The van der Waals surface area contributed by atoms with Crippen molar-refractivity contribution >= 4 is 11.9 Å². The molecule has 0 aromatic rings. The van der Waals surface area contributed by atoms with Crippen LogP contribution >= 0.6 is 0 Å². The van der Waals surface area contributed by atoms with E-state index in [1.165, 1.54) is 13.8 Å². The number of esters is 2. The van der Waals surface area contributed by atoms with E-state index in [2.05, 4.69) is 10.2 Å². The molecular formula is C14H24N2O4. The average molecular weight is 284 g/mol. The van der Waals surface area contributed by atoms with Gasteiger partial charge in [-0.15, -0.1) is 10.2 Å². The molecule has 6 nitrogen and oxygen atoms in total. The van der Waals surface area contributed by atoms with Crippen LogP contribution in [0.15, 0.2) is 10.2 Å². The fourth-order valence-electron chi connectivity index (χ4n) is 2.34. The van der Waals surface area contributed by atoms with Crippen molar-refractivity contribution in [2.75, 3.05) is 0 Å². The smallest absolute Gasteiger partial charge is 0.304 e. The fourth-order valence-corrected chi connectivity index (χ4v) is 2.34. The summed E-state index contributed by atoms with van der Waals surface area (Å²) in [5.74, 6) is -0.738. The molecule has 1 saturated carbocycles. The van der Waals surface area contributed by atoms with Gasteiger partial charge in [0.1, 0.15) is 0 Å². The number of azo groups is 1. The van der Waals surface area contributed by atoms with Crippen molar-refractivity contribution < 1.29 is 19.1 Å². The second-order valence-corrected chi connectivity index (χ2v) is 5.17. The van der Waals surface area contributed by atoms with Crippen LogP contribution in [0.1, 0.15) is 65.7 Å². The topological polar surface area (TPSA) is 77.3 Å². The highest BCUT2D eigenvalue weighted by Crippen LogP contribution is 2.33. The number of carbonyl (C=O) groups is 2. The van der Waals surface area contributed by atoms with Gasteiger partial charge < -0.3 is 9.47 Å². The SMILES string of the molecule is CCCC(N=NC1(OC(C)=O)CCCCC1)OC(C)=O. The van der Waals surface area contributed by atoms with E-state index in [9.17, 15) is 9.59 Å². The number of nitrogens with zero attached hydrogens (tertiary/aromatic N) is 2. The van der Waals surface area contributed by atoms with Gasteiger partial charge in [-0.3, -0.25) is 9.59 Å². The standard InChI is InChI=1S/C14H24N2O4/c1-4-8-13(19-11(2)17)15-16-14(20-12(3)18)9-6-5-7-10-14/h13H,4-10H2,1-3H3. The van der Waals surface area contributed by atoms with Crippen molar-refractivity contribution in [3.63, 3.8) is 0 Å². The van der Waals surface area contributed by atoms with Crippen LogP contribution in [0.25, 0.3) is 0 Å². The van der Waals surface area contributed by atoms with Crippen molar-refractivity contribution in [1.29, 1.82) is 0 Å². The summed E-state index contributed by atoms with van der Waals surface area (Å²) in [4.78, 5) is 22.3. The molecule has 0 radical (unpaired) electrons. The van der Waals surface area contributed by atoms with Crippen LogP contribution in [-0.2, 0) is 19.1 Å². The zero-order valence-corrected chi connectivity index (χ0v) is 12.6. The van der Waals surface area contributed by atoms with Gasteiger partial charge in [-0.1, -0.05) is 19.8 Å². The molecule has 114 valence electrons. The van der Waals surface area contributed by atoms with Crippen molar-refractivity contribution in [2.24, 2.45) is 10.2 Å². The predicted molar refractivity (Wildman–Crippen MR) is 72.9 cm³/mol. The Morgan fingerprint density at radius 2 is 1.80 bits per heavy atom. The Morgan fingerprint density at radius 1 is 1.15 bits per heavy atom. The van der Waals surface area contributed by atoms with E-state index in [1.807, 2.05) is 6.92 Å². The summed E-state index contributed by atoms with van der Waals surface area (Å²) in [5, 5.41) is 8.34. The van der Waals surface area contributed by atoms with Gasteiger partial charge in [-0.25, -0.2) is 0 Å². The lowest BCUT2D eigenvalue weighted by Crippen LogP contribution is -2.34. The molecule has 1 unspecified atom stereocenters. The molecule has 0 aliphatic heterocycles. The normalized spacial score (nSPS) is 19.6. The summed E-state index contributed by atoms with van der Waals surface area (Å²) in [6.07, 6.45) is 5.23. The Morgan fingerprint density at radius 3 is 2.30 bits per heavy atom. The summed E-state index contributed by atoms with van der Waals surface area (Å²) in [6, 6.07) is 0. The molecular weight excluding hydrogens is 260 g/mol. The Kier molecular flexibility index (Phi) is 6.61. The van der Waals surface area contributed by atoms with Crippen LogP contribution < -0.4 is 0 Å². The molecule has 1 fully saturated rings. The zero-order valence-electron chi connectivity index (χ0n) is 12.6. The lowest BCUT2D eigenvalue weighted by Gasteiger charge is -2.31. The van der Waals surface area contributed by atoms with E-state index in [-0.39, 0.29) is 11.9 Å². The van der Waals surface area contributed by atoms with E-state index < -0.39 is 12.0 Å². The molecule has 0 aromatic carbocycles. The predicted octanol–water partition coefficient (Wildman–Crippen LogP) is 3.35. The highest BCUT2D eigenvalue weighted by molar-refractivity contribution is 5.66. The van der Waals surface area contributed by atoms with Crippen LogP contribution in [0.5, 0.6) is 0 Å². The molecule has 0 N–H and O–H groups in total. The first-order valence-electron chi connectivity index (χ1n) is 7.26. The van der Waals surface area contributed by atoms with E-state index in [1.54, 1.807) is 0 Å². The van der Waals surface area contributed by atoms with Crippen molar-refractivity contribution in [3.8, 4) is 0 Å². The number of hydrogen-bond donors (Lipinski definition) is 0. The Bertz CT molecular complexity index is 362. The van der Waals surface area contributed by atoms with E-state index in [0.717, 1.165) is 25.7 Å². The number of carbonyl (C=O) groups excluding carboxylic acids is 2. The molecule has 1 rings (SSSR count). The summed E-state index contributed by atoms with van der Waals surface area (Å²) in [7, 11) is 0. The van der Waals surface area contributed by atoms with Crippen LogP contribution in [0, 0.1) is 0 Å². The maximum atomic E-state index is 11.3. The van der Waals surface area contributed by atoms with Gasteiger partial charge in [-0.05, 0) is 12.8 Å². The molecule has 1 atom stereocenters. The van der Waals surface area contributed by atoms with Crippen LogP contribution in [0.2, 0.25) is 0 Å². The van der Waals surface area contributed by atoms with E-state index >= 15 is 0 Å². The monoisotopic (exact) mass is 284 g/mol. The van der Waals surface area contributed by atoms with Crippen molar-refractivity contribution in [3.05, 3.63) is 0 Å². The number of ether oxygens (including phenoxy) is 2. The summed E-state index contributed by atoms with van der Waals surface area (Å²) in [5.41, 5.74) is -0.865. The van der Waals surface area contributed by atoms with Gasteiger partial charge in [-0.2, -0.15) is 0 Å². The first-order valence-corrected chi connectivity index (χ1v) is 7.26. The molecule has 0 saturated heterocycles. The first-order chi connectivity index (χ1) is 9.47. The molecule has 0 aromatic heterocycles. The Balaban J connectivity index is 2.76. The van der Waals surface area contributed by atoms with Gasteiger partial charge >= 0.3 is 11.9 Å². The van der Waals surface area contributed by atoms with E-state index in [4.69, 9.17) is 9.47 Å². The lowest BCUT2D eigenvalue weighted by atomic mass is 9.92. The highest BCUT2D eigenvalue weighted by atomic mass is 16.6. The van der Waals surface area contributed by atoms with Crippen LogP contribution in [0.3, 0.4) is 0 Å². The second kappa shape index (κ2) is 7.97. The van der Waals surface area contributed by atoms with Gasteiger partial charge in [0.15, 0.2) is 0 Å². The van der Waals surface area contributed by atoms with Crippen molar-refractivity contribution in [2.45, 2.75) is 77.7 Å². The highest BCUT2D eigenvalue weighted by Gasteiger charge is 2.35. The Hall–Kier alpha value is -1.46. The minimum atomic E-state index is -0.865. The molecule has 1 aliphatic rings. The Labute approximate surface area is 119 Å². The maximum Gasteiger partial charge on any atom is 0.304 e. The quantitative estimate of drug-likeness (QED) is 0.553. The number of rotatable bonds is 6. The summed E-state index contributed by atoms with van der Waals surface area (Å²) >= 11 is 0. The minimum absolute atomic E-state index is 0.356. The zero-order chi connectivity index (χ0) is 15.0. The van der Waals surface area contributed by atoms with E-state index in [0.29, 0.717) is 19.3 Å². The van der Waals surface area contributed by atoms with Crippen molar-refractivity contribution in [1.82, 2.24) is 0 Å². The largest absolute Gasteiger partial charge is 0.438 e. The lowest BCUT2D eigenvalue weighted by molar-refractivity contribution is -0.161. The molecule has 0 bridgehead atoms. The first kappa shape index (κ1) is 16.6. The molecule has 0 amide bonds. The molecule has 0 heterocycles. The summed E-state index contributed by atoms with van der Waals surface area (Å²) < 4.78 is 10.5. The maximum absolute atomic E-state index is 11.3. The molecule has 20 heavy (non-hydrogen) atoms. The number of hydrogen-bond acceptors (Lipinski definition) is 6. The van der Waals surface area contributed by atoms with Crippen LogP contribution in [0.4, 0.5) is 0 Å². The van der Waals surface area contributed by atoms with Gasteiger partial charge in [0.2, 0.25) is 12.0 Å². The summed E-state index contributed by atoms with van der Waals surface area (Å²) in [6.45, 7) is 4.70.